The molecule has 5 nitrogen and oxygen atoms in total. The van der Waals surface area contributed by atoms with Crippen molar-refractivity contribution in [2.75, 3.05) is 0 Å². The number of aliphatic carboxylic acids is 1. The highest BCUT2D eigenvalue weighted by molar-refractivity contribution is 5.71. The van der Waals surface area contributed by atoms with Crippen LogP contribution in [0, 0.1) is 0 Å². The Hall–Kier alpha value is -2.30. The molecule has 3 rings (SSSR count). The van der Waals surface area contributed by atoms with E-state index >= 15 is 0 Å². The first-order valence-electron chi connectivity index (χ1n) is 6.20. The number of H-pyrrole nitrogens is 1. The fourth-order valence-electron chi connectivity index (χ4n) is 2.62. The number of benzene rings is 1. The summed E-state index contributed by atoms with van der Waals surface area (Å²) >= 11 is 0. The Morgan fingerprint density at radius 3 is 2.68 bits per heavy atom. The Morgan fingerprint density at radius 1 is 1.37 bits per heavy atom. The van der Waals surface area contributed by atoms with Crippen LogP contribution in [-0.2, 0) is 10.2 Å². The maximum absolute atomic E-state index is 11.7. The molecule has 1 fully saturated rings. The molecule has 1 saturated carbocycles. The first-order valence-corrected chi connectivity index (χ1v) is 6.20. The van der Waals surface area contributed by atoms with Gasteiger partial charge in [0.2, 0.25) is 0 Å². The van der Waals surface area contributed by atoms with Crippen LogP contribution in [-0.4, -0.2) is 20.6 Å². The molecule has 0 atom stereocenters. The maximum atomic E-state index is 11.7. The van der Waals surface area contributed by atoms with Crippen molar-refractivity contribution in [3.05, 3.63) is 52.7 Å². The monoisotopic (exact) mass is 258 g/mol. The van der Waals surface area contributed by atoms with Gasteiger partial charge in [-0.1, -0.05) is 18.2 Å². The van der Waals surface area contributed by atoms with E-state index in [4.69, 9.17) is 5.11 Å². The average Bonchev–Trinajstić information content (AvgIpc) is 3.02. The summed E-state index contributed by atoms with van der Waals surface area (Å²) in [7, 11) is 0. The highest BCUT2D eigenvalue weighted by Gasteiger charge is 2.47. The molecule has 0 radical (unpaired) electrons. The van der Waals surface area contributed by atoms with Crippen LogP contribution in [0.25, 0.3) is 5.69 Å². The summed E-state index contributed by atoms with van der Waals surface area (Å²) in [5.41, 5.74) is 1.20. The molecule has 0 unspecified atom stereocenters. The molecule has 5 heteroatoms. The second-order valence-corrected chi connectivity index (χ2v) is 5.00. The number of carboxylic acid groups (broad SMARTS) is 1. The standard InChI is InChI=1S/C14H14N2O3/c17-12(18)9-14(5-6-14)10-3-1-2-4-11(10)16-8-7-15-13(16)19/h1-4,7-8H,5-6,9H2,(H,15,19)(H,17,18). The summed E-state index contributed by atoms with van der Waals surface area (Å²) in [5, 5.41) is 9.05. The fraction of sp³-hybridized carbons (Fsp3) is 0.286. The molecule has 19 heavy (non-hydrogen) atoms. The molecule has 0 aliphatic heterocycles. The lowest BCUT2D eigenvalue weighted by atomic mass is 9.91. The third-order valence-electron chi connectivity index (χ3n) is 3.73. The lowest BCUT2D eigenvalue weighted by Gasteiger charge is -2.17. The van der Waals surface area contributed by atoms with Gasteiger partial charge in [-0.25, -0.2) is 4.79 Å². The van der Waals surface area contributed by atoms with Gasteiger partial charge in [0.15, 0.2) is 0 Å². The third-order valence-corrected chi connectivity index (χ3v) is 3.73. The van der Waals surface area contributed by atoms with Crippen LogP contribution in [0.5, 0.6) is 0 Å². The van der Waals surface area contributed by atoms with Crippen molar-refractivity contribution >= 4 is 5.97 Å². The average molecular weight is 258 g/mol. The number of carboxylic acids is 1. The molecule has 0 saturated heterocycles. The van der Waals surface area contributed by atoms with Crippen LogP contribution in [0.4, 0.5) is 0 Å². The Kier molecular flexibility index (Phi) is 2.55. The second-order valence-electron chi connectivity index (χ2n) is 5.00. The van der Waals surface area contributed by atoms with E-state index in [9.17, 15) is 9.59 Å². The number of aromatic amines is 1. The van der Waals surface area contributed by atoms with Crippen molar-refractivity contribution in [2.24, 2.45) is 0 Å². The van der Waals surface area contributed by atoms with Gasteiger partial charge in [-0.3, -0.25) is 9.36 Å². The first kappa shape index (κ1) is 11.8. The molecule has 1 heterocycles. The number of hydrogen-bond acceptors (Lipinski definition) is 2. The van der Waals surface area contributed by atoms with E-state index < -0.39 is 5.97 Å². The van der Waals surface area contributed by atoms with Crippen molar-refractivity contribution in [1.82, 2.24) is 9.55 Å². The second kappa shape index (κ2) is 4.12. The topological polar surface area (TPSA) is 75.1 Å². The van der Waals surface area contributed by atoms with Crippen LogP contribution >= 0.6 is 0 Å². The van der Waals surface area contributed by atoms with Crippen molar-refractivity contribution in [2.45, 2.75) is 24.7 Å². The molecule has 98 valence electrons. The minimum absolute atomic E-state index is 0.114. The molecule has 0 amide bonds. The van der Waals surface area contributed by atoms with Crippen molar-refractivity contribution in [1.29, 1.82) is 0 Å². The molecule has 1 aromatic carbocycles. The van der Waals surface area contributed by atoms with E-state index in [1.165, 1.54) is 4.57 Å². The molecule has 2 N–H and O–H groups in total. The maximum Gasteiger partial charge on any atom is 0.330 e. The van der Waals surface area contributed by atoms with Crippen molar-refractivity contribution in [3.63, 3.8) is 0 Å². The third kappa shape index (κ3) is 1.97. The first-order chi connectivity index (χ1) is 9.12. The van der Waals surface area contributed by atoms with Gasteiger partial charge in [0.1, 0.15) is 0 Å². The van der Waals surface area contributed by atoms with E-state index in [1.54, 1.807) is 12.4 Å². The normalized spacial score (nSPS) is 16.2. The van der Waals surface area contributed by atoms with Crippen molar-refractivity contribution in [3.8, 4) is 5.69 Å². The van der Waals surface area contributed by atoms with E-state index in [2.05, 4.69) is 4.98 Å². The quantitative estimate of drug-likeness (QED) is 0.876. The van der Waals surface area contributed by atoms with Gasteiger partial charge in [-0.05, 0) is 24.5 Å². The Bertz CT molecular complexity index is 680. The van der Waals surface area contributed by atoms with Gasteiger partial charge in [-0.2, -0.15) is 0 Å². The molecular formula is C14H14N2O3. The smallest absolute Gasteiger partial charge is 0.330 e. The van der Waals surface area contributed by atoms with E-state index in [0.717, 1.165) is 24.1 Å². The fourth-order valence-corrected chi connectivity index (χ4v) is 2.62. The highest BCUT2D eigenvalue weighted by Crippen LogP contribution is 2.52. The predicted molar refractivity (Wildman–Crippen MR) is 69.6 cm³/mol. The number of carbonyl (C=O) groups is 1. The minimum atomic E-state index is -0.797. The number of aromatic nitrogens is 2. The lowest BCUT2D eigenvalue weighted by molar-refractivity contribution is -0.137. The van der Waals surface area contributed by atoms with Gasteiger partial charge in [0.05, 0.1) is 12.1 Å². The SMILES string of the molecule is O=C(O)CC1(c2ccccc2-n2cc[nH]c2=O)CC1. The molecule has 0 spiro atoms. The highest BCUT2D eigenvalue weighted by atomic mass is 16.4. The van der Waals surface area contributed by atoms with E-state index in [1.807, 2.05) is 24.3 Å². The van der Waals surface area contributed by atoms with E-state index in [-0.39, 0.29) is 17.5 Å². The number of hydrogen-bond donors (Lipinski definition) is 2. The Morgan fingerprint density at radius 2 is 2.11 bits per heavy atom. The van der Waals surface area contributed by atoms with Crippen molar-refractivity contribution < 1.29 is 9.90 Å². The van der Waals surface area contributed by atoms with Crippen LogP contribution < -0.4 is 5.69 Å². The zero-order valence-corrected chi connectivity index (χ0v) is 10.3. The summed E-state index contributed by atoms with van der Waals surface area (Å²) < 4.78 is 1.53. The molecule has 1 aliphatic rings. The zero-order valence-electron chi connectivity index (χ0n) is 10.3. The minimum Gasteiger partial charge on any atom is -0.481 e. The number of para-hydroxylation sites is 1. The van der Waals surface area contributed by atoms with Crippen LogP contribution in [0.3, 0.4) is 0 Å². The zero-order chi connectivity index (χ0) is 13.5. The Balaban J connectivity index is 2.11. The van der Waals surface area contributed by atoms with Crippen LogP contribution in [0.2, 0.25) is 0 Å². The molecule has 1 aromatic heterocycles. The number of nitrogens with one attached hydrogen (secondary N) is 1. The summed E-state index contributed by atoms with van der Waals surface area (Å²) in [6.07, 6.45) is 5.07. The Labute approximate surface area is 109 Å². The molecular weight excluding hydrogens is 244 g/mol. The summed E-state index contributed by atoms with van der Waals surface area (Å²) in [4.78, 5) is 25.3. The molecule has 2 aromatic rings. The van der Waals surface area contributed by atoms with Gasteiger partial charge in [-0.15, -0.1) is 0 Å². The van der Waals surface area contributed by atoms with Gasteiger partial charge >= 0.3 is 11.7 Å². The summed E-state index contributed by atoms with van der Waals surface area (Å²) in [6, 6.07) is 7.52. The van der Waals surface area contributed by atoms with Gasteiger partial charge < -0.3 is 10.1 Å². The van der Waals surface area contributed by atoms with E-state index in [0.29, 0.717) is 0 Å². The summed E-state index contributed by atoms with van der Waals surface area (Å²) in [5.74, 6) is -0.797. The van der Waals surface area contributed by atoms with Crippen LogP contribution in [0.15, 0.2) is 41.5 Å². The largest absolute Gasteiger partial charge is 0.481 e. The molecule has 1 aliphatic carbocycles. The predicted octanol–water partition coefficient (Wildman–Crippen LogP) is 1.67. The van der Waals surface area contributed by atoms with Crippen LogP contribution in [0.1, 0.15) is 24.8 Å². The number of imidazole rings is 1. The van der Waals surface area contributed by atoms with Gasteiger partial charge in [0.25, 0.3) is 0 Å². The van der Waals surface area contributed by atoms with Gasteiger partial charge in [0, 0.05) is 17.8 Å². The molecule has 0 bridgehead atoms. The number of rotatable bonds is 4. The lowest BCUT2D eigenvalue weighted by Crippen LogP contribution is -2.20. The summed E-state index contributed by atoms with van der Waals surface area (Å²) in [6.45, 7) is 0. The number of nitrogens with zero attached hydrogens (tertiary/aromatic N) is 1.